The summed E-state index contributed by atoms with van der Waals surface area (Å²) in [5.41, 5.74) is 1.49. The number of esters is 1. The molecule has 1 N–H and O–H groups in total. The number of carbonyl (C=O) groups excluding carboxylic acids is 1. The first kappa shape index (κ1) is 12.9. The lowest BCUT2D eigenvalue weighted by atomic mass is 9.94. The lowest BCUT2D eigenvalue weighted by Crippen LogP contribution is -2.25. The third kappa shape index (κ3) is 3.03. The van der Waals surface area contributed by atoms with Crippen LogP contribution in [0.15, 0.2) is 12.3 Å². The van der Waals surface area contributed by atoms with Gasteiger partial charge in [0.1, 0.15) is 19.2 Å². The first-order chi connectivity index (χ1) is 8.70. The molecule has 0 unspecified atom stereocenters. The second kappa shape index (κ2) is 5.89. The Morgan fingerprint density at radius 1 is 1.44 bits per heavy atom. The third-order valence-corrected chi connectivity index (χ3v) is 3.38. The van der Waals surface area contributed by atoms with Crippen molar-refractivity contribution < 1.29 is 9.53 Å². The van der Waals surface area contributed by atoms with Crippen molar-refractivity contribution in [3.63, 3.8) is 0 Å². The number of methoxy groups -OCH3 is 1. The van der Waals surface area contributed by atoms with Crippen LogP contribution in [-0.4, -0.2) is 32.0 Å². The van der Waals surface area contributed by atoms with Crippen molar-refractivity contribution in [1.82, 2.24) is 4.98 Å². The van der Waals surface area contributed by atoms with Crippen LogP contribution in [0.25, 0.3) is 0 Å². The first-order valence-electron chi connectivity index (χ1n) is 6.52. The van der Waals surface area contributed by atoms with Gasteiger partial charge in [0.2, 0.25) is 0 Å². The van der Waals surface area contributed by atoms with Crippen molar-refractivity contribution >= 4 is 25.1 Å². The molecule has 1 heterocycles. The molecule has 0 aliphatic heterocycles. The Morgan fingerprint density at radius 2 is 2.17 bits per heavy atom. The molecule has 1 fully saturated rings. The quantitative estimate of drug-likeness (QED) is 0.635. The molecule has 1 aliphatic rings. The molecule has 1 saturated carbocycles. The summed E-state index contributed by atoms with van der Waals surface area (Å²) in [6.45, 7) is 0. The number of aromatic nitrogens is 1. The molecule has 0 spiro atoms. The molecule has 0 bridgehead atoms. The molecule has 5 heteroatoms. The molecule has 1 aromatic heterocycles. The summed E-state index contributed by atoms with van der Waals surface area (Å²) in [7, 11) is 3.32. The minimum atomic E-state index is -0.329. The fourth-order valence-electron chi connectivity index (χ4n) is 2.39. The van der Waals surface area contributed by atoms with Gasteiger partial charge in [-0.1, -0.05) is 24.7 Å². The molecule has 0 amide bonds. The van der Waals surface area contributed by atoms with E-state index in [1.165, 1.54) is 26.4 Å². The van der Waals surface area contributed by atoms with Crippen molar-refractivity contribution in [2.24, 2.45) is 0 Å². The van der Waals surface area contributed by atoms with Crippen LogP contribution in [0, 0.1) is 0 Å². The summed E-state index contributed by atoms with van der Waals surface area (Å²) >= 11 is 0. The zero-order valence-electron chi connectivity index (χ0n) is 11.0. The number of nitrogens with zero attached hydrogens (tertiary/aromatic N) is 1. The van der Waals surface area contributed by atoms with E-state index in [-0.39, 0.29) is 5.97 Å². The highest BCUT2D eigenvalue weighted by Gasteiger charge is 2.18. The van der Waals surface area contributed by atoms with Crippen LogP contribution in [0.3, 0.4) is 0 Å². The molecule has 18 heavy (non-hydrogen) atoms. The molecular formula is C13H19BN2O2. The zero-order chi connectivity index (χ0) is 13.0. The number of carbonyl (C=O) groups is 1. The van der Waals surface area contributed by atoms with E-state index in [1.807, 2.05) is 13.9 Å². The Balaban J connectivity index is 2.17. The molecule has 0 radical (unpaired) electrons. The van der Waals surface area contributed by atoms with E-state index >= 15 is 0 Å². The van der Waals surface area contributed by atoms with E-state index in [2.05, 4.69) is 10.3 Å². The fourth-order valence-corrected chi connectivity index (χ4v) is 2.39. The van der Waals surface area contributed by atoms with Crippen LogP contribution in [0.1, 0.15) is 42.5 Å². The summed E-state index contributed by atoms with van der Waals surface area (Å²) in [6, 6.07) is 2.25. The smallest absolute Gasteiger partial charge is 0.341 e. The number of pyridine rings is 1. The molecule has 0 saturated heterocycles. The molecule has 96 valence electrons. The maximum Gasteiger partial charge on any atom is 0.341 e. The predicted molar refractivity (Wildman–Crippen MR) is 74.3 cm³/mol. The summed E-state index contributed by atoms with van der Waals surface area (Å²) < 4.78 is 4.80. The number of hydrogen-bond acceptors (Lipinski definition) is 4. The van der Waals surface area contributed by atoms with E-state index in [0.717, 1.165) is 18.3 Å². The molecule has 0 aromatic carbocycles. The highest BCUT2D eigenvalue weighted by molar-refractivity contribution is 6.32. The predicted octanol–water partition coefficient (Wildman–Crippen LogP) is 0.871. The average Bonchev–Trinajstić information content (AvgIpc) is 2.41. The van der Waals surface area contributed by atoms with Gasteiger partial charge in [0.15, 0.2) is 0 Å². The topological polar surface area (TPSA) is 51.2 Å². The van der Waals surface area contributed by atoms with Crippen LogP contribution in [0.4, 0.5) is 5.82 Å². The lowest BCUT2D eigenvalue weighted by molar-refractivity contribution is 0.0601. The van der Waals surface area contributed by atoms with Gasteiger partial charge in [0.05, 0.1) is 7.11 Å². The Hall–Kier alpha value is -1.52. The van der Waals surface area contributed by atoms with Gasteiger partial charge < -0.3 is 10.1 Å². The maximum absolute atomic E-state index is 11.7. The lowest BCUT2D eigenvalue weighted by Gasteiger charge is -2.24. The fraction of sp³-hybridized carbons (Fsp3) is 0.538. The van der Waals surface area contributed by atoms with E-state index in [1.54, 1.807) is 6.20 Å². The highest BCUT2D eigenvalue weighted by Crippen LogP contribution is 2.22. The van der Waals surface area contributed by atoms with E-state index < -0.39 is 0 Å². The minimum Gasteiger partial charge on any atom is -0.465 e. The number of anilines is 1. The number of rotatable bonds is 3. The largest absolute Gasteiger partial charge is 0.465 e. The molecule has 1 aliphatic carbocycles. The van der Waals surface area contributed by atoms with Gasteiger partial charge in [-0.2, -0.15) is 0 Å². The zero-order valence-corrected chi connectivity index (χ0v) is 11.0. The Bertz CT molecular complexity index is 431. The highest BCUT2D eigenvalue weighted by atomic mass is 16.5. The van der Waals surface area contributed by atoms with Crippen LogP contribution < -0.4 is 10.8 Å². The summed E-state index contributed by atoms with van der Waals surface area (Å²) in [5.74, 6) is 0.323. The number of nitrogens with one attached hydrogen (secondary N) is 1. The normalized spacial score (nSPS) is 16.3. The van der Waals surface area contributed by atoms with Gasteiger partial charge in [-0.15, -0.1) is 0 Å². The van der Waals surface area contributed by atoms with Crippen LogP contribution in [-0.2, 0) is 4.74 Å². The number of hydrogen-bond donors (Lipinski definition) is 1. The van der Waals surface area contributed by atoms with Crippen molar-refractivity contribution in [2.75, 3.05) is 12.4 Å². The monoisotopic (exact) mass is 246 g/mol. The minimum absolute atomic E-state index is 0.329. The number of ether oxygens (including phenoxy) is 1. The van der Waals surface area contributed by atoms with Crippen LogP contribution in [0.2, 0.25) is 0 Å². The van der Waals surface area contributed by atoms with E-state index in [0.29, 0.717) is 17.4 Å². The second-order valence-corrected chi connectivity index (χ2v) is 4.88. The third-order valence-electron chi connectivity index (χ3n) is 3.38. The Kier molecular flexibility index (Phi) is 4.23. The van der Waals surface area contributed by atoms with E-state index in [4.69, 9.17) is 4.74 Å². The summed E-state index contributed by atoms with van der Waals surface area (Å²) in [4.78, 5) is 16.1. The first-order valence-corrected chi connectivity index (χ1v) is 6.52. The molecular weight excluding hydrogens is 227 g/mol. The molecule has 1 aromatic rings. The average molecular weight is 246 g/mol. The van der Waals surface area contributed by atoms with Gasteiger partial charge in [0.25, 0.3) is 0 Å². The second-order valence-electron chi connectivity index (χ2n) is 4.88. The van der Waals surface area contributed by atoms with Crippen LogP contribution in [0.5, 0.6) is 0 Å². The van der Waals surface area contributed by atoms with Crippen molar-refractivity contribution in [3.8, 4) is 0 Å². The van der Waals surface area contributed by atoms with Gasteiger partial charge in [-0.25, -0.2) is 9.78 Å². The van der Waals surface area contributed by atoms with Crippen molar-refractivity contribution in [1.29, 1.82) is 0 Å². The SMILES string of the molecule is Bc1cnc(NC2CCCCC2)c(C(=O)OC)c1. The Labute approximate surface area is 109 Å². The standard InChI is InChI=1S/C13H19BN2O2/c1-18-13(17)11-7-9(14)8-15-12(11)16-10-5-3-2-4-6-10/h7-8,10H,2-6,14H2,1H3,(H,15,16). The van der Waals surface area contributed by atoms with Gasteiger partial charge in [-0.05, 0) is 18.9 Å². The maximum atomic E-state index is 11.7. The summed E-state index contributed by atoms with van der Waals surface area (Å²) in [5, 5.41) is 3.38. The summed E-state index contributed by atoms with van der Waals surface area (Å²) in [6.07, 6.45) is 7.88. The molecule has 0 atom stereocenters. The van der Waals surface area contributed by atoms with Gasteiger partial charge in [0, 0.05) is 12.2 Å². The molecule has 4 nitrogen and oxygen atoms in total. The van der Waals surface area contributed by atoms with Crippen LogP contribution >= 0.6 is 0 Å². The van der Waals surface area contributed by atoms with E-state index in [9.17, 15) is 4.79 Å². The Morgan fingerprint density at radius 3 is 2.83 bits per heavy atom. The van der Waals surface area contributed by atoms with Crippen molar-refractivity contribution in [3.05, 3.63) is 17.8 Å². The van der Waals surface area contributed by atoms with Crippen molar-refractivity contribution in [2.45, 2.75) is 38.1 Å². The molecule has 2 rings (SSSR count). The van der Waals surface area contributed by atoms with Gasteiger partial charge >= 0.3 is 5.97 Å². The van der Waals surface area contributed by atoms with Gasteiger partial charge in [-0.3, -0.25) is 0 Å².